The van der Waals surface area contributed by atoms with Crippen LogP contribution in [0.15, 0.2) is 22.7 Å². The van der Waals surface area contributed by atoms with Gasteiger partial charge in [-0.25, -0.2) is 8.78 Å². The Hall–Kier alpha value is -2.06. The molecule has 1 aliphatic carbocycles. The minimum atomic E-state index is -0.857. The average molecular weight is 427 g/mol. The fraction of sp³-hybridized carbons (Fsp3) is 0.550. The Kier molecular flexibility index (Phi) is 7.18. The van der Waals surface area contributed by atoms with Crippen molar-refractivity contribution in [1.29, 1.82) is 0 Å². The van der Waals surface area contributed by atoms with Gasteiger partial charge in [-0.3, -0.25) is 4.79 Å². The highest BCUT2D eigenvalue weighted by molar-refractivity contribution is 5.85. The van der Waals surface area contributed by atoms with Gasteiger partial charge in [-0.15, -0.1) is 12.4 Å². The summed E-state index contributed by atoms with van der Waals surface area (Å²) in [6, 6.07) is 3.82. The molecule has 2 aromatic rings. The molecule has 0 bridgehead atoms. The molecule has 0 spiro atoms. The lowest BCUT2D eigenvalue weighted by atomic mass is 9.86. The molecule has 0 radical (unpaired) electrons. The van der Waals surface area contributed by atoms with Crippen LogP contribution in [0.3, 0.4) is 0 Å². The van der Waals surface area contributed by atoms with Gasteiger partial charge in [0.2, 0.25) is 11.8 Å². The summed E-state index contributed by atoms with van der Waals surface area (Å²) in [6.45, 7) is 1.38. The molecule has 2 fully saturated rings. The first-order valence-corrected chi connectivity index (χ1v) is 9.87. The van der Waals surface area contributed by atoms with E-state index >= 15 is 0 Å². The molecule has 2 N–H and O–H groups in total. The van der Waals surface area contributed by atoms with Gasteiger partial charge in [-0.1, -0.05) is 11.2 Å². The van der Waals surface area contributed by atoms with Crippen molar-refractivity contribution in [2.45, 2.75) is 56.4 Å². The zero-order valence-electron chi connectivity index (χ0n) is 16.0. The molecule has 1 aromatic heterocycles. The Morgan fingerprint density at radius 3 is 2.83 bits per heavy atom. The number of halogens is 3. The lowest BCUT2D eigenvalue weighted by Crippen LogP contribution is -2.50. The Morgan fingerprint density at radius 2 is 2.07 bits per heavy atom. The summed E-state index contributed by atoms with van der Waals surface area (Å²) in [5, 5.41) is 10.3. The van der Waals surface area contributed by atoms with E-state index in [0.29, 0.717) is 43.2 Å². The quantitative estimate of drug-likeness (QED) is 0.710. The average Bonchev–Trinajstić information content (AvgIpc) is 3.43. The van der Waals surface area contributed by atoms with Crippen molar-refractivity contribution in [3.05, 3.63) is 47.1 Å². The largest absolute Gasteiger partial charge is 0.351 e. The molecule has 2 aliphatic rings. The first-order valence-electron chi connectivity index (χ1n) is 9.87. The van der Waals surface area contributed by atoms with Crippen molar-refractivity contribution < 1.29 is 18.1 Å². The SMILES string of the molecule is Cl.O=C(CCCc1nc(C2CC2)no1)NC1CNCCC1c1ccc(F)c(F)c1. The molecule has 4 rings (SSSR count). The summed E-state index contributed by atoms with van der Waals surface area (Å²) < 4.78 is 32.1. The van der Waals surface area contributed by atoms with Gasteiger partial charge >= 0.3 is 0 Å². The molecule has 29 heavy (non-hydrogen) atoms. The summed E-state index contributed by atoms with van der Waals surface area (Å²) >= 11 is 0. The fourth-order valence-corrected chi connectivity index (χ4v) is 3.71. The zero-order chi connectivity index (χ0) is 19.5. The molecule has 9 heteroatoms. The van der Waals surface area contributed by atoms with Crippen molar-refractivity contribution >= 4 is 18.3 Å². The monoisotopic (exact) mass is 426 g/mol. The van der Waals surface area contributed by atoms with E-state index < -0.39 is 11.6 Å². The molecule has 158 valence electrons. The minimum absolute atomic E-state index is 0. The number of piperidine rings is 1. The molecule has 1 aromatic carbocycles. The van der Waals surface area contributed by atoms with E-state index in [1.165, 1.54) is 6.07 Å². The van der Waals surface area contributed by atoms with E-state index in [0.717, 1.165) is 37.7 Å². The number of benzene rings is 1. The van der Waals surface area contributed by atoms with Crippen LogP contribution in [0.25, 0.3) is 0 Å². The third-order valence-corrected chi connectivity index (χ3v) is 5.42. The van der Waals surface area contributed by atoms with E-state index in [4.69, 9.17) is 4.52 Å². The highest BCUT2D eigenvalue weighted by Gasteiger charge is 2.29. The molecule has 2 unspecified atom stereocenters. The number of carbonyl (C=O) groups excluding carboxylic acids is 1. The number of nitrogens with zero attached hydrogens (tertiary/aromatic N) is 2. The van der Waals surface area contributed by atoms with Crippen LogP contribution in [-0.4, -0.2) is 35.2 Å². The third kappa shape index (κ3) is 5.51. The number of aromatic nitrogens is 2. The summed E-state index contributed by atoms with van der Waals surface area (Å²) in [5.74, 6) is -0.0143. The van der Waals surface area contributed by atoms with E-state index in [-0.39, 0.29) is 30.3 Å². The lowest BCUT2D eigenvalue weighted by Gasteiger charge is -2.33. The summed E-state index contributed by atoms with van der Waals surface area (Å²) in [6.07, 6.45) is 4.53. The van der Waals surface area contributed by atoms with Crippen molar-refractivity contribution in [3.8, 4) is 0 Å². The summed E-state index contributed by atoms with van der Waals surface area (Å²) in [7, 11) is 0. The zero-order valence-corrected chi connectivity index (χ0v) is 16.8. The van der Waals surface area contributed by atoms with Gasteiger partial charge in [0, 0.05) is 37.3 Å². The molecular formula is C20H25ClF2N4O2. The summed E-state index contributed by atoms with van der Waals surface area (Å²) in [4.78, 5) is 16.7. The number of nitrogens with one attached hydrogen (secondary N) is 2. The maximum absolute atomic E-state index is 13.6. The van der Waals surface area contributed by atoms with Crippen molar-refractivity contribution in [3.63, 3.8) is 0 Å². The lowest BCUT2D eigenvalue weighted by molar-refractivity contribution is -0.122. The molecule has 2 atom stereocenters. The molecule has 1 saturated heterocycles. The van der Waals surface area contributed by atoms with Crippen LogP contribution in [0, 0.1) is 11.6 Å². The van der Waals surface area contributed by atoms with E-state index in [2.05, 4.69) is 20.8 Å². The van der Waals surface area contributed by atoms with Crippen molar-refractivity contribution in [2.75, 3.05) is 13.1 Å². The molecule has 2 heterocycles. The van der Waals surface area contributed by atoms with Gasteiger partial charge in [0.15, 0.2) is 17.5 Å². The first-order chi connectivity index (χ1) is 13.6. The molecule has 1 saturated carbocycles. The second kappa shape index (κ2) is 9.63. The molecule has 1 aliphatic heterocycles. The van der Waals surface area contributed by atoms with Gasteiger partial charge < -0.3 is 15.2 Å². The molecule has 1 amide bonds. The minimum Gasteiger partial charge on any atom is -0.351 e. The summed E-state index contributed by atoms with van der Waals surface area (Å²) in [5.41, 5.74) is 0.712. The maximum atomic E-state index is 13.6. The predicted molar refractivity (Wildman–Crippen MR) is 105 cm³/mol. The Morgan fingerprint density at radius 1 is 1.24 bits per heavy atom. The second-order valence-electron chi connectivity index (χ2n) is 7.62. The van der Waals surface area contributed by atoms with Gasteiger partial charge in [0.05, 0.1) is 0 Å². The van der Waals surface area contributed by atoms with Crippen LogP contribution in [0.4, 0.5) is 8.78 Å². The number of amides is 1. The second-order valence-corrected chi connectivity index (χ2v) is 7.62. The van der Waals surface area contributed by atoms with Gasteiger partial charge in [-0.05, 0) is 49.9 Å². The standard InChI is InChI=1S/C20H24F2N4O2.ClH/c21-15-7-6-13(10-16(15)22)14-8-9-23-11-17(14)24-18(27)2-1-3-19-25-20(26-28-19)12-4-5-12;/h6-7,10,12,14,17,23H,1-5,8-9,11H2,(H,24,27);1H. The molecule has 6 nitrogen and oxygen atoms in total. The number of aryl methyl sites for hydroxylation is 1. The number of hydrogen-bond donors (Lipinski definition) is 2. The van der Waals surface area contributed by atoms with Gasteiger partial charge in [-0.2, -0.15) is 4.98 Å². The number of carbonyl (C=O) groups is 1. The van der Waals surface area contributed by atoms with Crippen LogP contribution in [0.5, 0.6) is 0 Å². The van der Waals surface area contributed by atoms with Crippen LogP contribution >= 0.6 is 12.4 Å². The Bertz CT molecular complexity index is 844. The van der Waals surface area contributed by atoms with Crippen LogP contribution in [0.1, 0.15) is 61.2 Å². The highest BCUT2D eigenvalue weighted by atomic mass is 35.5. The smallest absolute Gasteiger partial charge is 0.226 e. The highest BCUT2D eigenvalue weighted by Crippen LogP contribution is 2.38. The first kappa shape index (κ1) is 21.6. The van der Waals surface area contributed by atoms with Crippen LogP contribution in [-0.2, 0) is 11.2 Å². The van der Waals surface area contributed by atoms with Crippen LogP contribution in [0.2, 0.25) is 0 Å². The maximum Gasteiger partial charge on any atom is 0.226 e. The number of rotatable bonds is 7. The van der Waals surface area contributed by atoms with Gasteiger partial charge in [0.1, 0.15) is 0 Å². The van der Waals surface area contributed by atoms with E-state index in [9.17, 15) is 13.6 Å². The van der Waals surface area contributed by atoms with Crippen molar-refractivity contribution in [1.82, 2.24) is 20.8 Å². The normalized spacial score (nSPS) is 21.4. The fourth-order valence-electron chi connectivity index (χ4n) is 3.71. The number of hydrogen-bond acceptors (Lipinski definition) is 5. The molecular weight excluding hydrogens is 402 g/mol. The van der Waals surface area contributed by atoms with Crippen LogP contribution < -0.4 is 10.6 Å². The topological polar surface area (TPSA) is 80.0 Å². The predicted octanol–water partition coefficient (Wildman–Crippen LogP) is 3.23. The Balaban J connectivity index is 0.00000240. The van der Waals surface area contributed by atoms with Crippen molar-refractivity contribution in [2.24, 2.45) is 0 Å². The van der Waals surface area contributed by atoms with E-state index in [1.807, 2.05) is 0 Å². The van der Waals surface area contributed by atoms with E-state index in [1.54, 1.807) is 6.07 Å². The Labute approximate surface area is 174 Å². The third-order valence-electron chi connectivity index (χ3n) is 5.42. The van der Waals surface area contributed by atoms with Gasteiger partial charge in [0.25, 0.3) is 0 Å².